The summed E-state index contributed by atoms with van der Waals surface area (Å²) in [4.78, 5) is 16.6. The van der Waals surface area contributed by atoms with E-state index in [-0.39, 0.29) is 17.3 Å². The monoisotopic (exact) mass is 378 g/mol. The molecular weight excluding hydrogens is 360 g/mol. The van der Waals surface area contributed by atoms with Crippen LogP contribution in [0.5, 0.6) is 0 Å². The van der Waals surface area contributed by atoms with Gasteiger partial charge in [0.25, 0.3) is 5.91 Å². The van der Waals surface area contributed by atoms with Crippen LogP contribution in [0.15, 0.2) is 62.5 Å². The van der Waals surface area contributed by atoms with Crippen LogP contribution in [0.3, 0.4) is 0 Å². The van der Waals surface area contributed by atoms with Crippen LogP contribution in [-0.2, 0) is 4.79 Å². The smallest absolute Gasteiger partial charge is 0.283 e. The predicted octanol–water partition coefficient (Wildman–Crippen LogP) is 4.40. The van der Waals surface area contributed by atoms with E-state index in [1.54, 1.807) is 12.1 Å². The fraction of sp³-hybridized carbons (Fsp3) is 0.200. The number of amides is 1. The maximum absolute atomic E-state index is 12.4. The minimum Gasteiger partial charge on any atom is -0.462 e. The topological polar surface area (TPSA) is 82.0 Å². The van der Waals surface area contributed by atoms with E-state index in [4.69, 9.17) is 9.83 Å². The molecule has 0 aliphatic carbocycles. The van der Waals surface area contributed by atoms with Crippen LogP contribution < -0.4 is 0 Å². The highest BCUT2D eigenvalue weighted by Crippen LogP contribution is 2.35. The first-order valence-corrected chi connectivity index (χ1v) is 9.50. The molecule has 4 rings (SSSR count). The summed E-state index contributed by atoms with van der Waals surface area (Å²) in [6, 6.07) is 13.7. The molecule has 1 aromatic carbocycles. The first kappa shape index (κ1) is 17.5. The molecule has 1 amide bonds. The summed E-state index contributed by atoms with van der Waals surface area (Å²) >= 11 is 1.36. The van der Waals surface area contributed by atoms with E-state index < -0.39 is 5.91 Å². The molecule has 6 nitrogen and oxygen atoms in total. The van der Waals surface area contributed by atoms with Gasteiger partial charge in [0.2, 0.25) is 5.17 Å². The Labute approximate surface area is 161 Å². The normalized spacial score (nSPS) is 19.2. The van der Waals surface area contributed by atoms with Gasteiger partial charge in [0, 0.05) is 5.92 Å². The molecule has 1 aromatic heterocycles. The third-order valence-corrected chi connectivity index (χ3v) is 5.45. The second-order valence-corrected chi connectivity index (χ2v) is 7.27. The van der Waals surface area contributed by atoms with Crippen LogP contribution in [-0.4, -0.2) is 27.0 Å². The van der Waals surface area contributed by atoms with Crippen LogP contribution in [0.4, 0.5) is 0 Å². The Balaban J connectivity index is 1.66. The highest BCUT2D eigenvalue weighted by molar-refractivity contribution is 8.27. The molecule has 1 N–H and O–H groups in total. The Morgan fingerprint density at radius 2 is 2.04 bits per heavy atom. The molecule has 27 heavy (non-hydrogen) atoms. The van der Waals surface area contributed by atoms with Crippen molar-refractivity contribution in [3.05, 3.63) is 65.1 Å². The van der Waals surface area contributed by atoms with Crippen LogP contribution in [0, 0.1) is 12.3 Å². The van der Waals surface area contributed by atoms with Crippen LogP contribution in [0.1, 0.15) is 36.3 Å². The predicted molar refractivity (Wildman–Crippen MR) is 108 cm³/mol. The first-order valence-electron chi connectivity index (χ1n) is 8.68. The van der Waals surface area contributed by atoms with Crippen molar-refractivity contribution >= 4 is 39.8 Å². The zero-order valence-electron chi connectivity index (χ0n) is 15.0. The summed E-state index contributed by atoms with van der Waals surface area (Å²) in [6.45, 7) is 3.93. The van der Waals surface area contributed by atoms with Gasteiger partial charge in [-0.1, -0.05) is 37.3 Å². The molecule has 1 atom stereocenters. The lowest BCUT2D eigenvalue weighted by molar-refractivity contribution is -0.114. The maximum Gasteiger partial charge on any atom is 0.283 e. The fourth-order valence-corrected chi connectivity index (χ4v) is 4.16. The van der Waals surface area contributed by atoms with Crippen molar-refractivity contribution in [2.75, 3.05) is 0 Å². The Kier molecular flexibility index (Phi) is 4.53. The van der Waals surface area contributed by atoms with Gasteiger partial charge in [-0.05, 0) is 48.9 Å². The Bertz CT molecular complexity index is 1000. The van der Waals surface area contributed by atoms with Crippen molar-refractivity contribution < 1.29 is 9.21 Å². The second kappa shape index (κ2) is 7.00. The molecule has 3 heterocycles. The van der Waals surface area contributed by atoms with E-state index in [2.05, 4.69) is 29.2 Å². The molecule has 0 saturated carbocycles. The Morgan fingerprint density at radius 3 is 2.70 bits per heavy atom. The van der Waals surface area contributed by atoms with Gasteiger partial charge in [-0.2, -0.15) is 15.1 Å². The summed E-state index contributed by atoms with van der Waals surface area (Å²) in [5, 5.41) is 15.8. The molecule has 0 radical (unpaired) electrons. The lowest BCUT2D eigenvalue weighted by Gasteiger charge is -2.19. The summed E-state index contributed by atoms with van der Waals surface area (Å²) in [5.41, 5.74) is 1.33. The summed E-state index contributed by atoms with van der Waals surface area (Å²) in [5.74, 6) is 0.937. The molecule has 2 aromatic rings. The number of nitrogens with zero attached hydrogens (tertiary/aromatic N) is 3. The number of carbonyl (C=O) groups excluding carboxylic acids is 1. The molecule has 1 unspecified atom stereocenters. The number of hydrazone groups is 1. The molecule has 0 bridgehead atoms. The highest BCUT2D eigenvalue weighted by atomic mass is 32.2. The van der Waals surface area contributed by atoms with E-state index in [0.29, 0.717) is 10.9 Å². The van der Waals surface area contributed by atoms with Gasteiger partial charge >= 0.3 is 0 Å². The lowest BCUT2D eigenvalue weighted by atomic mass is 9.98. The molecular formula is C20H18N4O2S. The Hall–Kier alpha value is -2.93. The van der Waals surface area contributed by atoms with Crippen molar-refractivity contribution in [2.24, 2.45) is 10.1 Å². The standard InChI is InChI=1S/C20H18N4O2S/c1-3-15(13-7-5-4-6-8-13)19-23-24-17(21)16(18(25)22-20(24)27-19)11-14-10-9-12(2)26-14/h4-11,15,21H,3H2,1-2H3. The van der Waals surface area contributed by atoms with Gasteiger partial charge in [0.1, 0.15) is 16.6 Å². The number of fused-ring (bicyclic) bond motifs is 1. The lowest BCUT2D eigenvalue weighted by Crippen LogP contribution is -2.35. The first-order chi connectivity index (χ1) is 13.1. The van der Waals surface area contributed by atoms with Crippen molar-refractivity contribution in [2.45, 2.75) is 26.2 Å². The highest BCUT2D eigenvalue weighted by Gasteiger charge is 2.37. The molecule has 7 heteroatoms. The SMILES string of the molecule is CCC(C1=NN2C(=N)C(=Cc3ccc(C)o3)C(=O)N=C2S1)c1ccccc1. The average Bonchev–Trinajstić information content (AvgIpc) is 3.26. The number of aliphatic imine (C=N–C) groups is 1. The van der Waals surface area contributed by atoms with Crippen molar-refractivity contribution in [1.29, 1.82) is 5.41 Å². The number of carbonyl (C=O) groups is 1. The number of amidine groups is 2. The van der Waals surface area contributed by atoms with Crippen molar-refractivity contribution in [3.8, 4) is 0 Å². The van der Waals surface area contributed by atoms with E-state index >= 15 is 0 Å². The van der Waals surface area contributed by atoms with Gasteiger partial charge in [-0.15, -0.1) is 0 Å². The van der Waals surface area contributed by atoms with Gasteiger partial charge in [0.05, 0.1) is 5.57 Å². The quantitative estimate of drug-likeness (QED) is 0.800. The number of hydrogen-bond donors (Lipinski definition) is 1. The summed E-state index contributed by atoms with van der Waals surface area (Å²) in [7, 11) is 0. The van der Waals surface area contributed by atoms with E-state index in [1.165, 1.54) is 16.8 Å². The van der Waals surface area contributed by atoms with Crippen LogP contribution >= 0.6 is 11.8 Å². The van der Waals surface area contributed by atoms with Gasteiger partial charge < -0.3 is 4.42 Å². The number of aryl methyl sites for hydroxylation is 1. The Morgan fingerprint density at radius 1 is 1.26 bits per heavy atom. The van der Waals surface area contributed by atoms with E-state index in [0.717, 1.165) is 22.8 Å². The molecule has 136 valence electrons. The molecule has 0 spiro atoms. The summed E-state index contributed by atoms with van der Waals surface area (Å²) in [6.07, 6.45) is 2.41. The largest absolute Gasteiger partial charge is 0.462 e. The third-order valence-electron chi connectivity index (χ3n) is 4.43. The number of benzene rings is 1. The fourth-order valence-electron chi connectivity index (χ4n) is 3.06. The number of hydrogen-bond acceptors (Lipinski definition) is 5. The number of nitrogens with one attached hydrogen (secondary N) is 1. The zero-order valence-corrected chi connectivity index (χ0v) is 15.8. The maximum atomic E-state index is 12.4. The number of furan rings is 1. The average molecular weight is 378 g/mol. The van der Waals surface area contributed by atoms with Crippen molar-refractivity contribution in [3.63, 3.8) is 0 Å². The zero-order chi connectivity index (χ0) is 19.0. The van der Waals surface area contributed by atoms with E-state index in [9.17, 15) is 4.79 Å². The minimum absolute atomic E-state index is 0.0180. The minimum atomic E-state index is -0.447. The number of rotatable bonds is 4. The third kappa shape index (κ3) is 3.26. The summed E-state index contributed by atoms with van der Waals surface area (Å²) < 4.78 is 5.50. The van der Waals surface area contributed by atoms with Crippen molar-refractivity contribution in [1.82, 2.24) is 5.01 Å². The molecule has 0 fully saturated rings. The second-order valence-electron chi connectivity index (χ2n) is 6.28. The molecule has 2 aliphatic heterocycles. The van der Waals surface area contributed by atoms with E-state index in [1.807, 2.05) is 31.2 Å². The molecule has 2 aliphatic rings. The number of thioether (sulfide) groups is 1. The van der Waals surface area contributed by atoms with Crippen LogP contribution in [0.25, 0.3) is 6.08 Å². The molecule has 0 saturated heterocycles. The van der Waals surface area contributed by atoms with Gasteiger partial charge in [0.15, 0.2) is 5.84 Å². The van der Waals surface area contributed by atoms with Gasteiger partial charge in [-0.3, -0.25) is 10.2 Å². The van der Waals surface area contributed by atoms with Gasteiger partial charge in [-0.25, -0.2) is 0 Å². The van der Waals surface area contributed by atoms with Crippen LogP contribution in [0.2, 0.25) is 0 Å².